The van der Waals surface area contributed by atoms with Crippen LogP contribution >= 0.6 is 0 Å². The fourth-order valence-electron chi connectivity index (χ4n) is 5.01. The minimum atomic E-state index is -4.79. The van der Waals surface area contributed by atoms with Gasteiger partial charge in [0, 0.05) is 12.1 Å². The first-order valence-corrected chi connectivity index (χ1v) is 12.1. The summed E-state index contributed by atoms with van der Waals surface area (Å²) in [6, 6.07) is 1.55. The molecule has 0 aromatic carbocycles. The van der Waals surface area contributed by atoms with Crippen LogP contribution in [0.25, 0.3) is 0 Å². The molecule has 4 heterocycles. The van der Waals surface area contributed by atoms with Crippen molar-refractivity contribution in [1.82, 2.24) is 24.2 Å². The number of fused-ring (bicyclic) bond motifs is 3. The van der Waals surface area contributed by atoms with Gasteiger partial charge in [-0.1, -0.05) is 6.42 Å². The lowest BCUT2D eigenvalue weighted by molar-refractivity contribution is 0.0876. The largest absolute Gasteiger partial charge is 0.350 e. The molecule has 1 saturated carbocycles. The maximum atomic E-state index is 13.5. The molecule has 0 saturated heterocycles. The monoisotopic (exact) mass is 480 g/mol. The maximum Gasteiger partial charge on any atom is 0.350 e. The van der Waals surface area contributed by atoms with Crippen molar-refractivity contribution in [2.75, 3.05) is 5.32 Å². The van der Waals surface area contributed by atoms with Gasteiger partial charge >= 0.3 is 5.76 Å². The van der Waals surface area contributed by atoms with Crippen LogP contribution < -0.4 is 16.2 Å². The summed E-state index contributed by atoms with van der Waals surface area (Å²) in [6.07, 6.45) is 5.29. The molecule has 2 N–H and O–H groups in total. The van der Waals surface area contributed by atoms with Gasteiger partial charge in [0.05, 0.1) is 12.2 Å². The zero-order chi connectivity index (χ0) is 23.5. The van der Waals surface area contributed by atoms with E-state index in [0.717, 1.165) is 19.3 Å². The molecular weight excluding hydrogens is 458 g/mol. The van der Waals surface area contributed by atoms with E-state index in [4.69, 9.17) is 0 Å². The first-order chi connectivity index (χ1) is 15.6. The molecule has 0 bridgehead atoms. The molecule has 2 aromatic heterocycles. The van der Waals surface area contributed by atoms with Crippen LogP contribution in [0.3, 0.4) is 0 Å². The highest BCUT2D eigenvalue weighted by atomic mass is 32.2. The van der Waals surface area contributed by atoms with Crippen LogP contribution in [0.2, 0.25) is 0 Å². The highest BCUT2D eigenvalue weighted by Crippen LogP contribution is 2.38. The molecule has 13 heteroatoms. The standard InChI is InChI=1S/C20H22F2N6O4S/c1-11-7-13(18(30)28-15(11)17(29)26-20(28)5-3-2-4-6-20)25-16-12-8-27(33(31,32)19(21)22)9-14(12)23-10-24-16/h7,10,19H,2-6,8-9H2,1H3,(H,26,29)(H,23,24,25). The van der Waals surface area contributed by atoms with Gasteiger partial charge in [-0.3, -0.25) is 14.2 Å². The molecule has 5 rings (SSSR count). The molecule has 1 fully saturated rings. The summed E-state index contributed by atoms with van der Waals surface area (Å²) in [7, 11) is -4.79. The number of carbonyl (C=O) groups excluding carboxylic acids is 1. The molecule has 2 aliphatic heterocycles. The van der Waals surface area contributed by atoms with Crippen LogP contribution in [0.1, 0.15) is 59.4 Å². The summed E-state index contributed by atoms with van der Waals surface area (Å²) < 4.78 is 52.0. The lowest BCUT2D eigenvalue weighted by atomic mass is 9.89. The van der Waals surface area contributed by atoms with Crippen LogP contribution in [0.4, 0.5) is 20.3 Å². The first kappa shape index (κ1) is 21.9. The van der Waals surface area contributed by atoms with E-state index >= 15 is 0 Å². The second kappa shape index (κ2) is 7.55. The number of aromatic nitrogens is 3. The molecule has 33 heavy (non-hydrogen) atoms. The number of hydrogen-bond acceptors (Lipinski definition) is 7. The predicted molar refractivity (Wildman–Crippen MR) is 113 cm³/mol. The van der Waals surface area contributed by atoms with Crippen molar-refractivity contribution < 1.29 is 22.0 Å². The highest BCUT2D eigenvalue weighted by molar-refractivity contribution is 7.89. The number of aryl methyl sites for hydroxylation is 1. The average molecular weight is 480 g/mol. The molecule has 176 valence electrons. The van der Waals surface area contributed by atoms with Gasteiger partial charge in [-0.25, -0.2) is 18.4 Å². The zero-order valence-corrected chi connectivity index (χ0v) is 18.6. The number of anilines is 2. The minimum absolute atomic E-state index is 0.161. The number of halogens is 2. The van der Waals surface area contributed by atoms with Crippen molar-refractivity contribution in [2.24, 2.45) is 0 Å². The van der Waals surface area contributed by atoms with Crippen LogP contribution in [0.5, 0.6) is 0 Å². The van der Waals surface area contributed by atoms with Crippen LogP contribution in [0, 0.1) is 6.92 Å². The number of nitrogens with one attached hydrogen (secondary N) is 2. The predicted octanol–water partition coefficient (Wildman–Crippen LogP) is 1.92. The Hall–Kier alpha value is -2.93. The van der Waals surface area contributed by atoms with Crippen LogP contribution in [0.15, 0.2) is 17.2 Å². The highest BCUT2D eigenvalue weighted by Gasteiger charge is 2.45. The van der Waals surface area contributed by atoms with Gasteiger partial charge in [-0.05, 0) is 44.2 Å². The number of sulfonamides is 1. The molecule has 10 nitrogen and oxygen atoms in total. The third-order valence-electron chi connectivity index (χ3n) is 6.59. The average Bonchev–Trinajstić information content (AvgIpc) is 3.33. The molecule has 0 atom stereocenters. The SMILES string of the molecule is Cc1cc(Nc2ncnc3c2CN(S(=O)(=O)C(F)F)C3)c(=O)n2c1C(=O)NC21CCCCC1. The zero-order valence-electron chi connectivity index (χ0n) is 17.8. The maximum absolute atomic E-state index is 13.5. The topological polar surface area (TPSA) is 126 Å². The van der Waals surface area contributed by atoms with Crippen molar-refractivity contribution in [3.8, 4) is 0 Å². The fraction of sp³-hybridized carbons (Fsp3) is 0.500. The molecule has 1 amide bonds. The van der Waals surface area contributed by atoms with Gasteiger partial charge < -0.3 is 10.6 Å². The molecular formula is C20H22F2N6O4S. The van der Waals surface area contributed by atoms with Crippen molar-refractivity contribution in [3.05, 3.63) is 45.3 Å². The molecule has 3 aliphatic rings. The number of nitrogens with zero attached hydrogens (tertiary/aromatic N) is 4. The number of rotatable bonds is 4. The summed E-state index contributed by atoms with van der Waals surface area (Å²) in [5, 5.41) is 5.96. The van der Waals surface area contributed by atoms with Crippen molar-refractivity contribution in [3.63, 3.8) is 0 Å². The third kappa shape index (κ3) is 3.32. The van der Waals surface area contributed by atoms with Gasteiger partial charge in [-0.15, -0.1) is 0 Å². The van der Waals surface area contributed by atoms with Crippen molar-refractivity contribution >= 4 is 27.4 Å². The Labute approximate surface area is 188 Å². The Morgan fingerprint density at radius 2 is 1.88 bits per heavy atom. The Kier molecular flexibility index (Phi) is 5.01. The normalized spacial score (nSPS) is 19.6. The number of carbonyl (C=O) groups is 1. The number of pyridine rings is 1. The van der Waals surface area contributed by atoms with Crippen molar-refractivity contribution in [1.29, 1.82) is 0 Å². The smallest absolute Gasteiger partial charge is 0.335 e. The lowest BCUT2D eigenvalue weighted by Crippen LogP contribution is -2.48. The number of alkyl halides is 2. The fourth-order valence-corrected chi connectivity index (χ4v) is 5.85. The van der Waals surface area contributed by atoms with Gasteiger partial charge in [0.15, 0.2) is 0 Å². The Bertz CT molecular complexity index is 1320. The Morgan fingerprint density at radius 3 is 2.58 bits per heavy atom. The summed E-state index contributed by atoms with van der Waals surface area (Å²) >= 11 is 0. The van der Waals surface area contributed by atoms with Gasteiger partial charge in [-0.2, -0.15) is 13.1 Å². The van der Waals surface area contributed by atoms with Gasteiger partial charge in [0.25, 0.3) is 21.5 Å². The summed E-state index contributed by atoms with van der Waals surface area (Å²) in [5.74, 6) is -3.66. The first-order valence-electron chi connectivity index (χ1n) is 10.6. The molecule has 0 unspecified atom stereocenters. The molecule has 1 spiro atoms. The molecule has 1 aliphatic carbocycles. The van der Waals surface area contributed by atoms with Gasteiger partial charge in [0.1, 0.15) is 29.2 Å². The quantitative estimate of drug-likeness (QED) is 0.685. The van der Waals surface area contributed by atoms with E-state index < -0.39 is 27.0 Å². The van der Waals surface area contributed by atoms with E-state index in [1.54, 1.807) is 13.0 Å². The second-order valence-electron chi connectivity index (χ2n) is 8.62. The Balaban J connectivity index is 1.54. The summed E-state index contributed by atoms with van der Waals surface area (Å²) in [5.41, 5.74) is 0.535. The minimum Gasteiger partial charge on any atom is -0.335 e. The van der Waals surface area contributed by atoms with E-state index in [9.17, 15) is 26.8 Å². The summed E-state index contributed by atoms with van der Waals surface area (Å²) in [4.78, 5) is 34.3. The van der Waals surface area contributed by atoms with E-state index in [-0.39, 0.29) is 36.2 Å². The van der Waals surface area contributed by atoms with Gasteiger partial charge in [0.2, 0.25) is 0 Å². The van der Waals surface area contributed by atoms with Crippen LogP contribution in [-0.2, 0) is 28.8 Å². The molecule has 0 radical (unpaired) electrons. The van der Waals surface area contributed by atoms with E-state index in [1.807, 2.05) is 0 Å². The lowest BCUT2D eigenvalue weighted by Gasteiger charge is -2.35. The van der Waals surface area contributed by atoms with E-state index in [0.29, 0.717) is 34.0 Å². The number of amides is 1. The van der Waals surface area contributed by atoms with E-state index in [1.165, 1.54) is 10.9 Å². The third-order valence-corrected chi connectivity index (χ3v) is 8.02. The van der Waals surface area contributed by atoms with Crippen LogP contribution in [-0.4, -0.2) is 38.9 Å². The summed E-state index contributed by atoms with van der Waals surface area (Å²) in [6.45, 7) is 1.10. The van der Waals surface area contributed by atoms with E-state index in [2.05, 4.69) is 20.6 Å². The second-order valence-corrected chi connectivity index (χ2v) is 10.5. The molecule has 2 aromatic rings. The number of hydrogen-bond donors (Lipinski definition) is 2. The van der Waals surface area contributed by atoms with Crippen molar-refractivity contribution in [2.45, 2.75) is 63.5 Å². The Morgan fingerprint density at radius 1 is 1.15 bits per heavy atom.